The Morgan fingerprint density at radius 1 is 1.44 bits per heavy atom. The quantitative estimate of drug-likeness (QED) is 0.562. The molecule has 16 heavy (non-hydrogen) atoms. The lowest BCUT2D eigenvalue weighted by Gasteiger charge is -2.38. The van der Waals surface area contributed by atoms with E-state index in [4.69, 9.17) is 0 Å². The van der Waals surface area contributed by atoms with Crippen molar-refractivity contribution >= 4 is 11.9 Å². The molecule has 1 amide bonds. The number of ether oxygens (including phenoxy) is 1. The molecular weight excluding hydrogens is 206 g/mol. The summed E-state index contributed by atoms with van der Waals surface area (Å²) in [6.45, 7) is 0.472. The highest BCUT2D eigenvalue weighted by atomic mass is 16.5. The lowest BCUT2D eigenvalue weighted by atomic mass is 10.0. The van der Waals surface area contributed by atoms with Gasteiger partial charge in [0.05, 0.1) is 13.5 Å². The molecule has 0 spiro atoms. The van der Waals surface area contributed by atoms with E-state index >= 15 is 0 Å². The van der Waals surface area contributed by atoms with Crippen molar-refractivity contribution in [2.24, 2.45) is 0 Å². The van der Waals surface area contributed by atoms with Gasteiger partial charge in [0.2, 0.25) is 5.91 Å². The van der Waals surface area contributed by atoms with E-state index in [-0.39, 0.29) is 18.3 Å². The van der Waals surface area contributed by atoms with Gasteiger partial charge in [0.25, 0.3) is 0 Å². The highest BCUT2D eigenvalue weighted by Gasteiger charge is 2.41. The van der Waals surface area contributed by atoms with Crippen LogP contribution in [0.25, 0.3) is 0 Å². The summed E-state index contributed by atoms with van der Waals surface area (Å²) >= 11 is 0. The van der Waals surface area contributed by atoms with Gasteiger partial charge in [0, 0.05) is 6.54 Å². The fourth-order valence-electron chi connectivity index (χ4n) is 1.78. The molecule has 0 bridgehead atoms. The van der Waals surface area contributed by atoms with Crippen molar-refractivity contribution in [3.63, 3.8) is 0 Å². The first-order chi connectivity index (χ1) is 7.72. The van der Waals surface area contributed by atoms with E-state index in [2.05, 4.69) is 4.74 Å². The second-order valence-corrected chi connectivity index (χ2v) is 3.75. The van der Waals surface area contributed by atoms with Gasteiger partial charge < -0.3 is 9.64 Å². The average Bonchev–Trinajstić information content (AvgIpc) is 2.33. The zero-order valence-corrected chi connectivity index (χ0v) is 9.05. The van der Waals surface area contributed by atoms with E-state index in [0.717, 1.165) is 5.56 Å². The monoisotopic (exact) mass is 219 g/mol. The van der Waals surface area contributed by atoms with E-state index < -0.39 is 6.04 Å². The summed E-state index contributed by atoms with van der Waals surface area (Å²) in [4.78, 5) is 24.3. The normalized spacial score (nSPS) is 19.2. The molecule has 4 heteroatoms. The topological polar surface area (TPSA) is 46.6 Å². The minimum Gasteiger partial charge on any atom is -0.467 e. The minimum absolute atomic E-state index is 0.000692. The van der Waals surface area contributed by atoms with Crippen LogP contribution in [0.2, 0.25) is 0 Å². The van der Waals surface area contributed by atoms with Gasteiger partial charge in [-0.05, 0) is 5.56 Å². The number of rotatable bonds is 3. The molecular formula is C12H13NO3. The number of carbonyl (C=O) groups excluding carboxylic acids is 2. The molecule has 1 aliphatic heterocycles. The summed E-state index contributed by atoms with van der Waals surface area (Å²) in [5.41, 5.74) is 1.02. The Balaban J connectivity index is 2.04. The summed E-state index contributed by atoms with van der Waals surface area (Å²) in [6.07, 6.45) is 0.263. The zero-order chi connectivity index (χ0) is 11.5. The van der Waals surface area contributed by atoms with E-state index in [9.17, 15) is 9.59 Å². The van der Waals surface area contributed by atoms with Crippen molar-refractivity contribution in [1.29, 1.82) is 0 Å². The number of esters is 1. The van der Waals surface area contributed by atoms with Gasteiger partial charge in [-0.1, -0.05) is 30.3 Å². The maximum Gasteiger partial charge on any atom is 0.329 e. The van der Waals surface area contributed by atoms with Crippen LogP contribution in [-0.4, -0.2) is 29.9 Å². The Kier molecular flexibility index (Phi) is 2.90. The Morgan fingerprint density at radius 2 is 2.12 bits per heavy atom. The molecule has 1 atom stereocenters. The number of likely N-dealkylation sites (tertiary alicyclic amines) is 1. The van der Waals surface area contributed by atoms with Crippen molar-refractivity contribution in [2.45, 2.75) is 19.0 Å². The van der Waals surface area contributed by atoms with Gasteiger partial charge in [-0.2, -0.15) is 0 Å². The fraction of sp³-hybridized carbons (Fsp3) is 0.333. The molecule has 2 rings (SSSR count). The van der Waals surface area contributed by atoms with Crippen molar-refractivity contribution in [3.05, 3.63) is 35.9 Å². The number of hydrogen-bond donors (Lipinski definition) is 0. The molecule has 1 aromatic carbocycles. The maximum atomic E-state index is 11.4. The van der Waals surface area contributed by atoms with Crippen LogP contribution in [0.15, 0.2) is 30.3 Å². The number of amides is 1. The third-order valence-electron chi connectivity index (χ3n) is 2.73. The Hall–Kier alpha value is -1.84. The summed E-state index contributed by atoms with van der Waals surface area (Å²) in [5.74, 6) is -0.338. The highest BCUT2D eigenvalue weighted by molar-refractivity contribution is 5.94. The van der Waals surface area contributed by atoms with E-state index in [1.165, 1.54) is 7.11 Å². The minimum atomic E-state index is -0.405. The van der Waals surface area contributed by atoms with Gasteiger partial charge in [-0.25, -0.2) is 4.79 Å². The molecule has 0 aliphatic carbocycles. The first-order valence-electron chi connectivity index (χ1n) is 5.13. The van der Waals surface area contributed by atoms with Crippen molar-refractivity contribution in [2.75, 3.05) is 7.11 Å². The third-order valence-corrected chi connectivity index (χ3v) is 2.73. The Bertz CT molecular complexity index is 402. The van der Waals surface area contributed by atoms with Crippen LogP contribution in [0.5, 0.6) is 0 Å². The van der Waals surface area contributed by atoms with Crippen LogP contribution in [0.4, 0.5) is 0 Å². The summed E-state index contributed by atoms with van der Waals surface area (Å²) < 4.78 is 4.64. The van der Waals surface area contributed by atoms with Gasteiger partial charge in [0.1, 0.15) is 6.04 Å². The predicted octanol–water partition coefficient (Wildman–Crippen LogP) is 0.960. The molecule has 0 unspecified atom stereocenters. The van der Waals surface area contributed by atoms with Crippen molar-refractivity contribution < 1.29 is 14.3 Å². The lowest BCUT2D eigenvalue weighted by molar-refractivity contribution is -0.165. The summed E-state index contributed by atoms with van der Waals surface area (Å²) in [7, 11) is 1.34. The number of carbonyl (C=O) groups is 2. The third kappa shape index (κ3) is 1.91. The molecule has 1 heterocycles. The predicted molar refractivity (Wildman–Crippen MR) is 57.4 cm³/mol. The SMILES string of the molecule is COC(=O)[C@@H]1CC(=O)N1Cc1ccccc1. The summed E-state index contributed by atoms with van der Waals surface area (Å²) in [6, 6.07) is 9.19. The van der Waals surface area contributed by atoms with E-state index in [1.54, 1.807) is 4.90 Å². The molecule has 84 valence electrons. The van der Waals surface area contributed by atoms with Crippen LogP contribution in [0.3, 0.4) is 0 Å². The lowest BCUT2D eigenvalue weighted by Crippen LogP contribution is -2.56. The Morgan fingerprint density at radius 3 is 2.69 bits per heavy atom. The second-order valence-electron chi connectivity index (χ2n) is 3.75. The Labute approximate surface area is 93.8 Å². The van der Waals surface area contributed by atoms with Crippen LogP contribution in [-0.2, 0) is 20.9 Å². The van der Waals surface area contributed by atoms with Gasteiger partial charge in [-0.15, -0.1) is 0 Å². The smallest absolute Gasteiger partial charge is 0.329 e. The maximum absolute atomic E-state index is 11.4. The standard InChI is InChI=1S/C12H13NO3/c1-16-12(15)10-7-11(14)13(10)8-9-5-3-2-4-6-9/h2-6,10H,7-8H2,1H3/t10-/m0/s1. The molecule has 1 saturated heterocycles. The number of hydrogen-bond acceptors (Lipinski definition) is 3. The molecule has 1 fully saturated rings. The first-order valence-corrected chi connectivity index (χ1v) is 5.13. The molecule has 0 N–H and O–H groups in total. The highest BCUT2D eigenvalue weighted by Crippen LogP contribution is 2.22. The number of methoxy groups -OCH3 is 1. The van der Waals surface area contributed by atoms with Crippen LogP contribution in [0, 0.1) is 0 Å². The van der Waals surface area contributed by atoms with Crippen molar-refractivity contribution in [1.82, 2.24) is 4.90 Å². The van der Waals surface area contributed by atoms with Crippen LogP contribution < -0.4 is 0 Å². The zero-order valence-electron chi connectivity index (χ0n) is 9.05. The van der Waals surface area contributed by atoms with Gasteiger partial charge in [0.15, 0.2) is 0 Å². The van der Waals surface area contributed by atoms with Crippen LogP contribution >= 0.6 is 0 Å². The van der Waals surface area contributed by atoms with E-state index in [0.29, 0.717) is 6.54 Å². The second kappa shape index (κ2) is 4.35. The fourth-order valence-corrected chi connectivity index (χ4v) is 1.78. The van der Waals surface area contributed by atoms with E-state index in [1.807, 2.05) is 30.3 Å². The molecule has 4 nitrogen and oxygen atoms in total. The number of β-lactam (4-membered cyclic amide) rings is 1. The van der Waals surface area contributed by atoms with Gasteiger partial charge >= 0.3 is 5.97 Å². The van der Waals surface area contributed by atoms with Crippen LogP contribution in [0.1, 0.15) is 12.0 Å². The summed E-state index contributed by atoms with van der Waals surface area (Å²) in [5, 5.41) is 0. The average molecular weight is 219 g/mol. The molecule has 0 saturated carbocycles. The molecule has 1 aliphatic rings. The molecule has 0 radical (unpaired) electrons. The first kappa shape index (κ1) is 10.7. The van der Waals surface area contributed by atoms with Crippen molar-refractivity contribution in [3.8, 4) is 0 Å². The number of nitrogens with zero attached hydrogens (tertiary/aromatic N) is 1. The van der Waals surface area contributed by atoms with Gasteiger partial charge in [-0.3, -0.25) is 4.79 Å². The molecule has 1 aromatic rings. The molecule has 0 aromatic heterocycles. The number of benzene rings is 1. The largest absolute Gasteiger partial charge is 0.467 e.